The van der Waals surface area contributed by atoms with Gasteiger partial charge in [-0.25, -0.2) is 0 Å². The Bertz CT molecular complexity index is 1040. The molecule has 0 saturated heterocycles. The molecule has 3 aliphatic carbocycles. The zero-order valence-corrected chi connectivity index (χ0v) is 26.9. The van der Waals surface area contributed by atoms with Crippen molar-refractivity contribution in [2.45, 2.75) is 122 Å². The van der Waals surface area contributed by atoms with E-state index in [1.54, 1.807) is 0 Å². The summed E-state index contributed by atoms with van der Waals surface area (Å²) in [4.78, 5) is 43.3. The number of benzene rings is 1. The molecule has 216 valence electrons. The standard InChI is InChI=1S/C36H54O3/c1-22-13-16-34(10,31(22,4)5)28(37)25-19-26(29(38)35(11)17-14-23(2)32(35,6)7)21-27(20-25)30(39)36(12)18-15-24(3)33(36,8)9/h19-24H,13-18H2,1-12H3/t22-,23-,24+,34-,35+,36+/m0/s1. The first-order valence-corrected chi connectivity index (χ1v) is 15.5. The van der Waals surface area contributed by atoms with Gasteiger partial charge in [0.1, 0.15) is 0 Å². The molecule has 3 saturated carbocycles. The third kappa shape index (κ3) is 3.98. The Morgan fingerprint density at radius 2 is 0.692 bits per heavy atom. The Labute approximate surface area is 238 Å². The number of rotatable bonds is 6. The summed E-state index contributed by atoms with van der Waals surface area (Å²) >= 11 is 0. The number of ketones is 3. The van der Waals surface area contributed by atoms with E-state index in [0.29, 0.717) is 34.4 Å². The fraction of sp³-hybridized carbons (Fsp3) is 0.750. The van der Waals surface area contributed by atoms with Crippen LogP contribution < -0.4 is 0 Å². The molecule has 0 unspecified atom stereocenters. The van der Waals surface area contributed by atoms with Crippen LogP contribution >= 0.6 is 0 Å². The number of carbonyl (C=O) groups excluding carboxylic acids is 3. The van der Waals surface area contributed by atoms with Crippen LogP contribution in [0.2, 0.25) is 0 Å². The minimum absolute atomic E-state index is 0.0777. The average molecular weight is 535 g/mol. The number of hydrogen-bond donors (Lipinski definition) is 0. The molecule has 3 heteroatoms. The molecule has 3 nitrogen and oxygen atoms in total. The predicted octanol–water partition coefficient (Wildman–Crippen LogP) is 9.62. The number of Topliss-reactive ketones (excluding diaryl/α,β-unsaturated/α-hetero) is 3. The summed E-state index contributed by atoms with van der Waals surface area (Å²) in [5, 5.41) is 0. The lowest BCUT2D eigenvalue weighted by Gasteiger charge is -2.41. The molecule has 0 amide bonds. The van der Waals surface area contributed by atoms with Crippen LogP contribution in [0.25, 0.3) is 0 Å². The molecule has 1 aromatic rings. The normalized spacial score (nSPS) is 38.6. The van der Waals surface area contributed by atoms with E-state index in [9.17, 15) is 14.4 Å². The Hall–Kier alpha value is -1.77. The molecular weight excluding hydrogens is 480 g/mol. The molecule has 0 bridgehead atoms. The summed E-state index contributed by atoms with van der Waals surface area (Å²) in [5.74, 6) is 1.52. The zero-order chi connectivity index (χ0) is 29.6. The molecule has 0 heterocycles. The maximum absolute atomic E-state index is 14.4. The summed E-state index contributed by atoms with van der Waals surface area (Å²) < 4.78 is 0. The Morgan fingerprint density at radius 3 is 0.846 bits per heavy atom. The van der Waals surface area contributed by atoms with Gasteiger partial charge in [-0.2, -0.15) is 0 Å². The van der Waals surface area contributed by atoms with Gasteiger partial charge in [0.25, 0.3) is 0 Å². The van der Waals surface area contributed by atoms with E-state index >= 15 is 0 Å². The van der Waals surface area contributed by atoms with Crippen molar-refractivity contribution in [3.05, 3.63) is 34.9 Å². The first-order valence-electron chi connectivity index (χ1n) is 15.5. The molecule has 4 rings (SSSR count). The topological polar surface area (TPSA) is 51.2 Å². The molecule has 0 radical (unpaired) electrons. The van der Waals surface area contributed by atoms with Crippen molar-refractivity contribution in [1.82, 2.24) is 0 Å². The van der Waals surface area contributed by atoms with Crippen LogP contribution in [0.4, 0.5) is 0 Å². The highest BCUT2D eigenvalue weighted by molar-refractivity contribution is 6.10. The van der Waals surface area contributed by atoms with E-state index in [0.717, 1.165) is 38.5 Å². The molecule has 39 heavy (non-hydrogen) atoms. The Balaban J connectivity index is 1.88. The van der Waals surface area contributed by atoms with Gasteiger partial charge >= 0.3 is 0 Å². The SMILES string of the molecule is C[C@@H]1CC[C@](C)(C(=O)c2cc(C(=O)[C@]3(C)CC[C@H](C)C3(C)C)cc(C(=O)[C@@]3(C)CC[C@H](C)C3(C)C)c2)C1(C)C. The van der Waals surface area contributed by atoms with Gasteiger partial charge in [0.15, 0.2) is 17.3 Å². The van der Waals surface area contributed by atoms with E-state index in [-0.39, 0.29) is 33.6 Å². The third-order valence-corrected chi connectivity index (χ3v) is 14.4. The fourth-order valence-corrected chi connectivity index (χ4v) is 8.39. The first kappa shape index (κ1) is 30.2. The fourth-order valence-electron chi connectivity index (χ4n) is 8.39. The summed E-state index contributed by atoms with van der Waals surface area (Å²) in [7, 11) is 0. The van der Waals surface area contributed by atoms with Gasteiger partial charge in [0.2, 0.25) is 0 Å². The van der Waals surface area contributed by atoms with Gasteiger partial charge in [-0.1, -0.05) is 83.1 Å². The van der Waals surface area contributed by atoms with E-state index in [1.165, 1.54) is 0 Å². The van der Waals surface area contributed by atoms with Gasteiger partial charge in [-0.3, -0.25) is 14.4 Å². The van der Waals surface area contributed by atoms with Crippen molar-refractivity contribution < 1.29 is 14.4 Å². The summed E-state index contributed by atoms with van der Waals surface area (Å²) in [6.45, 7) is 26.2. The number of hydrogen-bond acceptors (Lipinski definition) is 3. The Morgan fingerprint density at radius 1 is 0.487 bits per heavy atom. The van der Waals surface area contributed by atoms with E-state index in [4.69, 9.17) is 0 Å². The lowest BCUT2D eigenvalue weighted by atomic mass is 9.61. The second kappa shape index (κ2) is 9.12. The van der Waals surface area contributed by atoms with Gasteiger partial charge in [0.05, 0.1) is 0 Å². The first-order chi connectivity index (χ1) is 17.7. The van der Waals surface area contributed by atoms with E-state index < -0.39 is 16.2 Å². The molecule has 0 aromatic heterocycles. The highest BCUT2D eigenvalue weighted by Gasteiger charge is 2.57. The summed E-state index contributed by atoms with van der Waals surface area (Å²) in [6, 6.07) is 5.50. The maximum atomic E-state index is 14.4. The minimum Gasteiger partial charge on any atom is -0.294 e. The zero-order valence-electron chi connectivity index (χ0n) is 26.9. The average Bonchev–Trinajstić information content (AvgIpc) is 3.33. The van der Waals surface area contributed by atoms with Gasteiger partial charge in [-0.05, 0) is 90.7 Å². The molecule has 0 aliphatic heterocycles. The Kier molecular flexibility index (Phi) is 7.06. The molecular formula is C36H54O3. The quantitative estimate of drug-likeness (QED) is 0.341. The summed E-state index contributed by atoms with van der Waals surface area (Å²) in [6.07, 6.45) is 5.50. The van der Waals surface area contributed by atoms with Crippen molar-refractivity contribution in [3.63, 3.8) is 0 Å². The smallest absolute Gasteiger partial charge is 0.169 e. The van der Waals surface area contributed by atoms with Crippen LogP contribution in [-0.2, 0) is 0 Å². The number of carbonyl (C=O) groups is 3. The van der Waals surface area contributed by atoms with Crippen molar-refractivity contribution in [2.24, 2.45) is 50.2 Å². The predicted molar refractivity (Wildman–Crippen MR) is 160 cm³/mol. The van der Waals surface area contributed by atoms with E-state index in [2.05, 4.69) is 83.1 Å². The van der Waals surface area contributed by atoms with Crippen LogP contribution in [0.5, 0.6) is 0 Å². The molecule has 0 spiro atoms. The van der Waals surface area contributed by atoms with Crippen molar-refractivity contribution in [1.29, 1.82) is 0 Å². The highest BCUT2D eigenvalue weighted by Crippen LogP contribution is 2.60. The van der Waals surface area contributed by atoms with Crippen molar-refractivity contribution >= 4 is 17.3 Å². The maximum Gasteiger partial charge on any atom is 0.169 e. The van der Waals surface area contributed by atoms with E-state index in [1.807, 2.05) is 18.2 Å². The molecule has 0 N–H and O–H groups in total. The lowest BCUT2D eigenvalue weighted by molar-refractivity contribution is 0.0539. The van der Waals surface area contributed by atoms with Crippen molar-refractivity contribution in [2.75, 3.05) is 0 Å². The van der Waals surface area contributed by atoms with Gasteiger partial charge < -0.3 is 0 Å². The van der Waals surface area contributed by atoms with Crippen LogP contribution in [0, 0.1) is 50.2 Å². The monoisotopic (exact) mass is 534 g/mol. The second-order valence-corrected chi connectivity index (χ2v) is 16.3. The largest absolute Gasteiger partial charge is 0.294 e. The second-order valence-electron chi connectivity index (χ2n) is 16.3. The molecule has 1 aromatic carbocycles. The third-order valence-electron chi connectivity index (χ3n) is 14.4. The highest BCUT2D eigenvalue weighted by atomic mass is 16.1. The van der Waals surface area contributed by atoms with Crippen LogP contribution in [0.1, 0.15) is 153 Å². The van der Waals surface area contributed by atoms with Gasteiger partial charge in [0, 0.05) is 32.9 Å². The molecule has 3 aliphatic rings. The lowest BCUT2D eigenvalue weighted by Crippen LogP contribution is -2.42. The molecule has 6 atom stereocenters. The minimum atomic E-state index is -0.537. The molecule has 3 fully saturated rings. The summed E-state index contributed by atoms with van der Waals surface area (Å²) in [5.41, 5.74) is -0.510. The van der Waals surface area contributed by atoms with Crippen molar-refractivity contribution in [3.8, 4) is 0 Å². The van der Waals surface area contributed by atoms with Gasteiger partial charge in [-0.15, -0.1) is 0 Å². The van der Waals surface area contributed by atoms with Crippen LogP contribution in [-0.4, -0.2) is 17.3 Å². The van der Waals surface area contributed by atoms with Crippen LogP contribution in [0.3, 0.4) is 0 Å². The van der Waals surface area contributed by atoms with Crippen LogP contribution in [0.15, 0.2) is 18.2 Å².